The van der Waals surface area contributed by atoms with Crippen LogP contribution in [-0.2, 0) is 4.79 Å². The van der Waals surface area contributed by atoms with Crippen LogP contribution in [0.4, 0.5) is 0 Å². The first-order valence-electron chi connectivity index (χ1n) is 6.25. The summed E-state index contributed by atoms with van der Waals surface area (Å²) in [5.74, 6) is 0.563. The van der Waals surface area contributed by atoms with Crippen molar-refractivity contribution in [3.8, 4) is 0 Å². The van der Waals surface area contributed by atoms with Crippen LogP contribution in [0.1, 0.15) is 53.9 Å². The topological polar surface area (TPSA) is 55.1 Å². The Morgan fingerprint density at radius 1 is 1.31 bits per heavy atom. The zero-order valence-electron chi connectivity index (χ0n) is 11.5. The maximum atomic E-state index is 11.6. The van der Waals surface area contributed by atoms with Gasteiger partial charge >= 0.3 is 0 Å². The molecule has 96 valence electrons. The van der Waals surface area contributed by atoms with Crippen LogP contribution in [0.25, 0.3) is 0 Å². The van der Waals surface area contributed by atoms with E-state index in [4.69, 9.17) is 5.73 Å². The standard InChI is InChI=1S/C13H28N2O/c1-10(13(3,4)5)9-12(16)15-8-6-7-11(2)14/h10-11H,6-9,14H2,1-5H3,(H,15,16). The summed E-state index contributed by atoms with van der Waals surface area (Å²) < 4.78 is 0. The molecule has 0 aliphatic carbocycles. The van der Waals surface area contributed by atoms with Crippen LogP contribution >= 0.6 is 0 Å². The number of nitrogens with one attached hydrogen (secondary N) is 1. The van der Waals surface area contributed by atoms with Crippen LogP contribution in [-0.4, -0.2) is 18.5 Å². The molecule has 0 aromatic rings. The summed E-state index contributed by atoms with van der Waals surface area (Å²) in [4.78, 5) is 11.6. The molecule has 2 atom stereocenters. The van der Waals surface area contributed by atoms with E-state index in [2.05, 4.69) is 33.0 Å². The lowest BCUT2D eigenvalue weighted by molar-refractivity contribution is -0.122. The second kappa shape index (κ2) is 6.89. The van der Waals surface area contributed by atoms with Crippen molar-refractivity contribution < 1.29 is 4.79 Å². The number of carbonyl (C=O) groups is 1. The quantitative estimate of drug-likeness (QED) is 0.685. The summed E-state index contributed by atoms with van der Waals surface area (Å²) in [6.07, 6.45) is 2.55. The molecule has 0 spiro atoms. The van der Waals surface area contributed by atoms with Crippen LogP contribution in [0.3, 0.4) is 0 Å². The molecular weight excluding hydrogens is 200 g/mol. The Balaban J connectivity index is 3.67. The average molecular weight is 228 g/mol. The van der Waals surface area contributed by atoms with E-state index in [0.29, 0.717) is 12.3 Å². The maximum Gasteiger partial charge on any atom is 0.220 e. The lowest BCUT2D eigenvalue weighted by Crippen LogP contribution is -2.30. The van der Waals surface area contributed by atoms with Gasteiger partial charge in [0.15, 0.2) is 0 Å². The van der Waals surface area contributed by atoms with Gasteiger partial charge in [-0.15, -0.1) is 0 Å². The molecular formula is C13H28N2O. The minimum atomic E-state index is 0.159. The molecule has 0 aromatic heterocycles. The number of rotatable bonds is 6. The fraction of sp³-hybridized carbons (Fsp3) is 0.923. The second-order valence-electron chi connectivity index (χ2n) is 5.94. The van der Waals surface area contributed by atoms with Gasteiger partial charge in [-0.05, 0) is 31.1 Å². The predicted octanol–water partition coefficient (Wildman–Crippen LogP) is 2.30. The predicted molar refractivity (Wildman–Crippen MR) is 69.1 cm³/mol. The van der Waals surface area contributed by atoms with Crippen molar-refractivity contribution in [3.05, 3.63) is 0 Å². The highest BCUT2D eigenvalue weighted by atomic mass is 16.1. The fourth-order valence-electron chi connectivity index (χ4n) is 1.31. The third-order valence-corrected chi connectivity index (χ3v) is 3.13. The van der Waals surface area contributed by atoms with Crippen molar-refractivity contribution >= 4 is 5.91 Å². The molecule has 0 saturated heterocycles. The smallest absolute Gasteiger partial charge is 0.220 e. The summed E-state index contributed by atoms with van der Waals surface area (Å²) >= 11 is 0. The van der Waals surface area contributed by atoms with E-state index in [1.807, 2.05) is 6.92 Å². The molecule has 0 aliphatic rings. The van der Waals surface area contributed by atoms with Crippen LogP contribution in [0.15, 0.2) is 0 Å². The van der Waals surface area contributed by atoms with Gasteiger partial charge in [0.1, 0.15) is 0 Å². The molecule has 3 nitrogen and oxygen atoms in total. The molecule has 0 rings (SSSR count). The van der Waals surface area contributed by atoms with E-state index in [-0.39, 0.29) is 17.4 Å². The van der Waals surface area contributed by atoms with Gasteiger partial charge in [0, 0.05) is 19.0 Å². The lowest BCUT2D eigenvalue weighted by Gasteiger charge is -2.26. The average Bonchev–Trinajstić information content (AvgIpc) is 2.10. The third kappa shape index (κ3) is 7.69. The Bertz CT molecular complexity index is 206. The number of nitrogens with two attached hydrogens (primary N) is 1. The van der Waals surface area contributed by atoms with Gasteiger partial charge in [-0.25, -0.2) is 0 Å². The first-order chi connectivity index (χ1) is 7.23. The molecule has 2 unspecified atom stereocenters. The van der Waals surface area contributed by atoms with Gasteiger partial charge in [0.25, 0.3) is 0 Å². The molecule has 3 N–H and O–H groups in total. The van der Waals surface area contributed by atoms with Crippen molar-refractivity contribution in [3.63, 3.8) is 0 Å². The Morgan fingerprint density at radius 3 is 2.31 bits per heavy atom. The third-order valence-electron chi connectivity index (χ3n) is 3.13. The second-order valence-corrected chi connectivity index (χ2v) is 5.94. The van der Waals surface area contributed by atoms with Gasteiger partial charge in [0.05, 0.1) is 0 Å². The molecule has 1 amide bonds. The summed E-state index contributed by atoms with van der Waals surface area (Å²) in [7, 11) is 0. The zero-order chi connectivity index (χ0) is 12.8. The zero-order valence-corrected chi connectivity index (χ0v) is 11.5. The van der Waals surface area contributed by atoms with Gasteiger partial charge < -0.3 is 11.1 Å². The highest BCUT2D eigenvalue weighted by molar-refractivity contribution is 5.76. The van der Waals surface area contributed by atoms with Gasteiger partial charge in [0.2, 0.25) is 5.91 Å². The highest BCUT2D eigenvalue weighted by Gasteiger charge is 2.22. The summed E-state index contributed by atoms with van der Waals surface area (Å²) in [6.45, 7) is 11.4. The fourth-order valence-corrected chi connectivity index (χ4v) is 1.31. The van der Waals surface area contributed by atoms with E-state index < -0.39 is 0 Å². The Morgan fingerprint density at radius 2 is 1.88 bits per heavy atom. The SMILES string of the molecule is CC(N)CCCNC(=O)CC(C)C(C)(C)C. The van der Waals surface area contributed by atoms with Crippen molar-refractivity contribution in [1.29, 1.82) is 0 Å². The molecule has 0 bridgehead atoms. The van der Waals surface area contributed by atoms with Crippen molar-refractivity contribution in [2.75, 3.05) is 6.54 Å². The number of hydrogen-bond donors (Lipinski definition) is 2. The Hall–Kier alpha value is -0.570. The summed E-state index contributed by atoms with van der Waals surface area (Å²) in [5.41, 5.74) is 5.83. The van der Waals surface area contributed by atoms with E-state index in [9.17, 15) is 4.79 Å². The lowest BCUT2D eigenvalue weighted by atomic mass is 9.80. The van der Waals surface area contributed by atoms with E-state index in [0.717, 1.165) is 19.4 Å². The molecule has 0 fully saturated rings. The van der Waals surface area contributed by atoms with E-state index in [1.54, 1.807) is 0 Å². The van der Waals surface area contributed by atoms with E-state index in [1.165, 1.54) is 0 Å². The van der Waals surface area contributed by atoms with Crippen molar-refractivity contribution in [2.45, 2.75) is 59.9 Å². The number of carbonyl (C=O) groups excluding carboxylic acids is 1. The minimum absolute atomic E-state index is 0.159. The van der Waals surface area contributed by atoms with Gasteiger partial charge in [-0.1, -0.05) is 27.7 Å². The summed E-state index contributed by atoms with van der Waals surface area (Å²) in [5, 5.41) is 2.95. The largest absolute Gasteiger partial charge is 0.356 e. The molecule has 0 aromatic carbocycles. The molecule has 16 heavy (non-hydrogen) atoms. The minimum Gasteiger partial charge on any atom is -0.356 e. The highest BCUT2D eigenvalue weighted by Crippen LogP contribution is 2.27. The van der Waals surface area contributed by atoms with Crippen molar-refractivity contribution in [2.24, 2.45) is 17.1 Å². The number of hydrogen-bond acceptors (Lipinski definition) is 2. The molecule has 0 saturated carbocycles. The maximum absolute atomic E-state index is 11.6. The van der Waals surface area contributed by atoms with E-state index >= 15 is 0 Å². The van der Waals surface area contributed by atoms with Crippen LogP contribution < -0.4 is 11.1 Å². The monoisotopic (exact) mass is 228 g/mol. The molecule has 0 aliphatic heterocycles. The van der Waals surface area contributed by atoms with Crippen molar-refractivity contribution in [1.82, 2.24) is 5.32 Å². The first kappa shape index (κ1) is 15.4. The van der Waals surface area contributed by atoms with Crippen LogP contribution in [0.5, 0.6) is 0 Å². The van der Waals surface area contributed by atoms with Gasteiger partial charge in [-0.2, -0.15) is 0 Å². The Labute approximate surface area is 100 Å². The normalized spacial score (nSPS) is 15.6. The molecule has 0 heterocycles. The number of amides is 1. The van der Waals surface area contributed by atoms with Crippen LogP contribution in [0, 0.1) is 11.3 Å². The summed E-state index contributed by atoms with van der Waals surface area (Å²) in [6, 6.07) is 0.227. The first-order valence-corrected chi connectivity index (χ1v) is 6.25. The molecule has 0 radical (unpaired) electrons. The molecule has 3 heteroatoms. The Kier molecular flexibility index (Phi) is 6.65. The van der Waals surface area contributed by atoms with Crippen LogP contribution in [0.2, 0.25) is 0 Å². The van der Waals surface area contributed by atoms with Gasteiger partial charge in [-0.3, -0.25) is 4.79 Å².